The van der Waals surface area contributed by atoms with Crippen molar-refractivity contribution >= 4 is 23.2 Å². The van der Waals surface area contributed by atoms with Gasteiger partial charge in [-0.3, -0.25) is 9.78 Å². The van der Waals surface area contributed by atoms with Crippen LogP contribution in [0.3, 0.4) is 0 Å². The monoisotopic (exact) mass is 442 g/mol. The Morgan fingerprint density at radius 3 is 2.58 bits per heavy atom. The standard InChI is InChI=1S/C24H31ClN4O2/c1-16(2)27-14-20(18-4-6-19(25)7-5-18)24(30)29-12-10-28(11-13-29)22-8-9-26-21-15-31-17(3)23(21)22/h4-9,16-17,20,27H,10-15H2,1-3H3. The molecule has 2 aliphatic rings. The Kier molecular flexibility index (Phi) is 6.80. The van der Waals surface area contributed by atoms with Gasteiger partial charge in [0, 0.05) is 61.2 Å². The van der Waals surface area contributed by atoms with Crippen LogP contribution in [0.2, 0.25) is 5.02 Å². The maximum Gasteiger partial charge on any atom is 0.231 e. The molecule has 2 atom stereocenters. The molecule has 2 unspecified atom stereocenters. The second-order valence-corrected chi connectivity index (χ2v) is 9.06. The minimum atomic E-state index is -0.218. The fourth-order valence-electron chi connectivity index (χ4n) is 4.41. The number of carbonyl (C=O) groups is 1. The first kappa shape index (κ1) is 22.1. The predicted octanol–water partition coefficient (Wildman–Crippen LogP) is 3.76. The van der Waals surface area contributed by atoms with E-state index in [0.717, 1.165) is 24.3 Å². The molecule has 1 aromatic heterocycles. The van der Waals surface area contributed by atoms with Gasteiger partial charge in [-0.25, -0.2) is 0 Å². The lowest BCUT2D eigenvalue weighted by Crippen LogP contribution is -2.51. The highest BCUT2D eigenvalue weighted by Gasteiger charge is 2.31. The molecule has 0 aliphatic carbocycles. The maximum absolute atomic E-state index is 13.5. The Balaban J connectivity index is 1.46. The lowest BCUT2D eigenvalue weighted by atomic mass is 9.96. The smallest absolute Gasteiger partial charge is 0.231 e. The molecule has 2 aliphatic heterocycles. The van der Waals surface area contributed by atoms with Gasteiger partial charge in [0.25, 0.3) is 0 Å². The molecule has 31 heavy (non-hydrogen) atoms. The van der Waals surface area contributed by atoms with Crippen molar-refractivity contribution in [2.45, 2.75) is 45.4 Å². The van der Waals surface area contributed by atoms with Crippen molar-refractivity contribution in [2.24, 2.45) is 0 Å². The highest BCUT2D eigenvalue weighted by Crippen LogP contribution is 2.36. The molecule has 7 heteroatoms. The van der Waals surface area contributed by atoms with E-state index in [1.807, 2.05) is 35.4 Å². The summed E-state index contributed by atoms with van der Waals surface area (Å²) in [6.07, 6.45) is 1.93. The van der Waals surface area contributed by atoms with Crippen LogP contribution in [0.1, 0.15) is 49.6 Å². The summed E-state index contributed by atoms with van der Waals surface area (Å²) in [4.78, 5) is 22.3. The van der Waals surface area contributed by atoms with Gasteiger partial charge in [-0.2, -0.15) is 0 Å². The number of nitrogens with one attached hydrogen (secondary N) is 1. The van der Waals surface area contributed by atoms with Crippen LogP contribution in [0.25, 0.3) is 0 Å². The van der Waals surface area contributed by atoms with Gasteiger partial charge in [-0.15, -0.1) is 0 Å². The van der Waals surface area contributed by atoms with E-state index in [1.54, 1.807) is 0 Å². The number of ether oxygens (including phenoxy) is 1. The van der Waals surface area contributed by atoms with Crippen LogP contribution in [-0.2, 0) is 16.1 Å². The molecule has 0 saturated carbocycles. The number of anilines is 1. The van der Waals surface area contributed by atoms with Gasteiger partial charge in [0.05, 0.1) is 24.3 Å². The fraction of sp³-hybridized carbons (Fsp3) is 0.500. The average molecular weight is 443 g/mol. The summed E-state index contributed by atoms with van der Waals surface area (Å²) in [7, 11) is 0. The van der Waals surface area contributed by atoms with Crippen molar-refractivity contribution in [1.82, 2.24) is 15.2 Å². The van der Waals surface area contributed by atoms with Crippen molar-refractivity contribution in [3.8, 4) is 0 Å². The van der Waals surface area contributed by atoms with Gasteiger partial charge in [-0.05, 0) is 30.7 Å². The molecule has 1 amide bonds. The van der Waals surface area contributed by atoms with Crippen LogP contribution in [-0.4, -0.2) is 54.6 Å². The van der Waals surface area contributed by atoms with Crippen LogP contribution in [0.15, 0.2) is 36.5 Å². The van der Waals surface area contributed by atoms with E-state index in [9.17, 15) is 4.79 Å². The largest absolute Gasteiger partial charge is 0.368 e. The van der Waals surface area contributed by atoms with Gasteiger partial charge in [0.15, 0.2) is 0 Å². The van der Waals surface area contributed by atoms with Gasteiger partial charge >= 0.3 is 0 Å². The van der Waals surface area contributed by atoms with Gasteiger partial charge in [-0.1, -0.05) is 37.6 Å². The number of fused-ring (bicyclic) bond motifs is 1. The highest BCUT2D eigenvalue weighted by atomic mass is 35.5. The Morgan fingerprint density at radius 2 is 1.90 bits per heavy atom. The molecule has 4 rings (SSSR count). The van der Waals surface area contributed by atoms with E-state index in [-0.39, 0.29) is 17.9 Å². The van der Waals surface area contributed by atoms with E-state index in [1.165, 1.54) is 11.3 Å². The lowest BCUT2D eigenvalue weighted by Gasteiger charge is -2.38. The number of nitrogens with zero attached hydrogens (tertiary/aromatic N) is 3. The van der Waals surface area contributed by atoms with E-state index in [4.69, 9.17) is 16.3 Å². The number of hydrogen-bond acceptors (Lipinski definition) is 5. The number of pyridine rings is 1. The van der Waals surface area contributed by atoms with Gasteiger partial charge in [0.2, 0.25) is 5.91 Å². The van der Waals surface area contributed by atoms with Crippen LogP contribution >= 0.6 is 11.6 Å². The molecular weight excluding hydrogens is 412 g/mol. The molecule has 0 bridgehead atoms. The summed E-state index contributed by atoms with van der Waals surface area (Å²) in [5.74, 6) is -0.0448. The minimum Gasteiger partial charge on any atom is -0.368 e. The molecule has 2 aromatic rings. The number of amides is 1. The number of benzene rings is 1. The zero-order chi connectivity index (χ0) is 22.0. The van der Waals surface area contributed by atoms with Crippen molar-refractivity contribution in [3.63, 3.8) is 0 Å². The first-order valence-corrected chi connectivity index (χ1v) is 11.4. The van der Waals surface area contributed by atoms with Crippen molar-refractivity contribution < 1.29 is 9.53 Å². The Hall–Kier alpha value is -2.15. The summed E-state index contributed by atoms with van der Waals surface area (Å²) in [5.41, 5.74) is 4.43. The summed E-state index contributed by atoms with van der Waals surface area (Å²) >= 11 is 6.07. The van der Waals surface area contributed by atoms with Gasteiger partial charge < -0.3 is 19.9 Å². The second kappa shape index (κ2) is 9.55. The first-order valence-electron chi connectivity index (χ1n) is 11.1. The first-order chi connectivity index (χ1) is 14.9. The van der Waals surface area contributed by atoms with Crippen LogP contribution in [0, 0.1) is 0 Å². The Morgan fingerprint density at radius 1 is 1.19 bits per heavy atom. The Bertz CT molecular complexity index is 910. The third-order valence-corrected chi connectivity index (χ3v) is 6.41. The maximum atomic E-state index is 13.5. The lowest BCUT2D eigenvalue weighted by molar-refractivity contribution is -0.133. The summed E-state index contributed by atoms with van der Waals surface area (Å²) in [6, 6.07) is 10.0. The predicted molar refractivity (Wildman–Crippen MR) is 124 cm³/mol. The highest BCUT2D eigenvalue weighted by molar-refractivity contribution is 6.30. The third kappa shape index (κ3) is 4.86. The van der Waals surface area contributed by atoms with Crippen molar-refractivity contribution in [1.29, 1.82) is 0 Å². The summed E-state index contributed by atoms with van der Waals surface area (Å²) in [6.45, 7) is 10.5. The van der Waals surface area contributed by atoms with E-state index < -0.39 is 0 Å². The average Bonchev–Trinajstić information content (AvgIpc) is 3.16. The summed E-state index contributed by atoms with van der Waals surface area (Å²) in [5, 5.41) is 4.12. The number of aromatic nitrogens is 1. The van der Waals surface area contributed by atoms with Crippen LogP contribution in [0.5, 0.6) is 0 Å². The molecule has 0 radical (unpaired) electrons. The normalized spacial score (nSPS) is 19.6. The zero-order valence-electron chi connectivity index (χ0n) is 18.5. The molecule has 6 nitrogen and oxygen atoms in total. The zero-order valence-corrected chi connectivity index (χ0v) is 19.2. The topological polar surface area (TPSA) is 57.7 Å². The molecule has 1 saturated heterocycles. The van der Waals surface area contributed by atoms with Gasteiger partial charge in [0.1, 0.15) is 0 Å². The number of halogens is 1. The molecule has 1 N–H and O–H groups in total. The fourth-order valence-corrected chi connectivity index (χ4v) is 4.54. The third-order valence-electron chi connectivity index (χ3n) is 6.16. The minimum absolute atomic E-state index is 0.0646. The number of piperazine rings is 1. The van der Waals surface area contributed by atoms with E-state index in [2.05, 4.69) is 42.0 Å². The molecule has 1 aromatic carbocycles. The van der Waals surface area contributed by atoms with E-state index in [0.29, 0.717) is 37.3 Å². The number of carbonyl (C=O) groups excluding carboxylic acids is 1. The van der Waals surface area contributed by atoms with Crippen molar-refractivity contribution in [2.75, 3.05) is 37.6 Å². The number of hydrogen-bond donors (Lipinski definition) is 1. The number of rotatable bonds is 6. The van der Waals surface area contributed by atoms with Crippen LogP contribution in [0.4, 0.5) is 5.69 Å². The quantitative estimate of drug-likeness (QED) is 0.738. The molecular formula is C24H31ClN4O2. The SMILES string of the molecule is CC(C)NCC(C(=O)N1CCN(c2ccnc3c2C(C)OC3)CC1)c1ccc(Cl)cc1. The van der Waals surface area contributed by atoms with E-state index >= 15 is 0 Å². The molecule has 166 valence electrons. The van der Waals surface area contributed by atoms with Crippen molar-refractivity contribution in [3.05, 3.63) is 58.4 Å². The second-order valence-electron chi connectivity index (χ2n) is 8.62. The van der Waals surface area contributed by atoms with Crippen LogP contribution < -0.4 is 10.2 Å². The Labute approximate surface area is 189 Å². The molecule has 3 heterocycles. The molecule has 1 fully saturated rings. The molecule has 0 spiro atoms. The summed E-state index contributed by atoms with van der Waals surface area (Å²) < 4.78 is 5.78.